The molecule has 3 N–H and O–H groups in total. The van der Waals surface area contributed by atoms with Crippen molar-refractivity contribution in [2.24, 2.45) is 5.73 Å². The van der Waals surface area contributed by atoms with Crippen LogP contribution in [0, 0.1) is 0 Å². The van der Waals surface area contributed by atoms with Crippen LogP contribution in [0.15, 0.2) is 30.3 Å². The zero-order valence-corrected chi connectivity index (χ0v) is 12.9. The van der Waals surface area contributed by atoms with Crippen LogP contribution in [0.2, 0.25) is 0 Å². The average Bonchev–Trinajstić information content (AvgIpc) is 2.80. The SMILES string of the molecule is C[C@@]1(NC(=O)OCc2ccccc2)CCN(CCCN)C1=O. The fourth-order valence-electron chi connectivity index (χ4n) is 2.51. The second-order valence-corrected chi connectivity index (χ2v) is 5.70. The molecule has 0 unspecified atom stereocenters. The molecule has 22 heavy (non-hydrogen) atoms. The summed E-state index contributed by atoms with van der Waals surface area (Å²) in [4.78, 5) is 26.0. The summed E-state index contributed by atoms with van der Waals surface area (Å²) in [5, 5.41) is 2.70. The molecule has 1 saturated heterocycles. The quantitative estimate of drug-likeness (QED) is 0.828. The monoisotopic (exact) mass is 305 g/mol. The second kappa shape index (κ2) is 7.26. The highest BCUT2D eigenvalue weighted by molar-refractivity contribution is 5.91. The van der Waals surface area contributed by atoms with E-state index in [4.69, 9.17) is 10.5 Å². The van der Waals surface area contributed by atoms with Crippen LogP contribution >= 0.6 is 0 Å². The van der Waals surface area contributed by atoms with Gasteiger partial charge in [0, 0.05) is 13.1 Å². The van der Waals surface area contributed by atoms with E-state index in [9.17, 15) is 9.59 Å². The summed E-state index contributed by atoms with van der Waals surface area (Å²) in [7, 11) is 0. The highest BCUT2D eigenvalue weighted by Gasteiger charge is 2.43. The Morgan fingerprint density at radius 1 is 1.41 bits per heavy atom. The normalized spacial score (nSPS) is 21.0. The van der Waals surface area contributed by atoms with Crippen LogP contribution in [0.3, 0.4) is 0 Å². The van der Waals surface area contributed by atoms with Gasteiger partial charge in [0.15, 0.2) is 0 Å². The van der Waals surface area contributed by atoms with E-state index in [-0.39, 0.29) is 12.5 Å². The average molecular weight is 305 g/mol. The number of hydrogen-bond acceptors (Lipinski definition) is 4. The molecule has 6 nitrogen and oxygen atoms in total. The fourth-order valence-corrected chi connectivity index (χ4v) is 2.51. The Hall–Kier alpha value is -2.08. The lowest BCUT2D eigenvalue weighted by Gasteiger charge is -2.24. The van der Waals surface area contributed by atoms with Crippen molar-refractivity contribution in [3.05, 3.63) is 35.9 Å². The first-order valence-electron chi connectivity index (χ1n) is 7.53. The third-order valence-corrected chi connectivity index (χ3v) is 3.86. The molecule has 1 aromatic carbocycles. The number of amides is 2. The molecule has 6 heteroatoms. The minimum Gasteiger partial charge on any atom is -0.445 e. The molecule has 0 aromatic heterocycles. The highest BCUT2D eigenvalue weighted by Crippen LogP contribution is 2.22. The van der Waals surface area contributed by atoms with Gasteiger partial charge >= 0.3 is 6.09 Å². The first-order chi connectivity index (χ1) is 10.5. The molecular formula is C16H23N3O3. The van der Waals surface area contributed by atoms with Gasteiger partial charge in [-0.15, -0.1) is 0 Å². The van der Waals surface area contributed by atoms with Crippen molar-refractivity contribution >= 4 is 12.0 Å². The molecule has 0 spiro atoms. The number of likely N-dealkylation sites (tertiary alicyclic amines) is 1. The highest BCUT2D eigenvalue weighted by atomic mass is 16.5. The van der Waals surface area contributed by atoms with E-state index in [1.54, 1.807) is 11.8 Å². The number of nitrogens with two attached hydrogens (primary N) is 1. The largest absolute Gasteiger partial charge is 0.445 e. The predicted octanol–water partition coefficient (Wildman–Crippen LogP) is 1.25. The molecule has 1 heterocycles. The van der Waals surface area contributed by atoms with Gasteiger partial charge in [0.25, 0.3) is 0 Å². The Morgan fingerprint density at radius 2 is 2.14 bits per heavy atom. The smallest absolute Gasteiger partial charge is 0.408 e. The number of ether oxygens (including phenoxy) is 1. The van der Waals surface area contributed by atoms with E-state index < -0.39 is 11.6 Å². The van der Waals surface area contributed by atoms with Crippen LogP contribution in [0.5, 0.6) is 0 Å². The van der Waals surface area contributed by atoms with Crippen LogP contribution in [0.25, 0.3) is 0 Å². The van der Waals surface area contributed by atoms with E-state index in [2.05, 4.69) is 5.32 Å². The number of benzene rings is 1. The summed E-state index contributed by atoms with van der Waals surface area (Å²) >= 11 is 0. The number of carbonyl (C=O) groups excluding carboxylic acids is 2. The molecule has 1 fully saturated rings. The maximum atomic E-state index is 12.4. The van der Waals surface area contributed by atoms with E-state index in [1.165, 1.54) is 0 Å². The Kier molecular flexibility index (Phi) is 5.38. The van der Waals surface area contributed by atoms with Crippen molar-refractivity contribution in [3.63, 3.8) is 0 Å². The standard InChI is InChI=1S/C16H23N3O3/c1-16(8-11-19(14(16)20)10-5-9-17)18-15(21)22-12-13-6-3-2-4-7-13/h2-4,6-7H,5,8-12,17H2,1H3,(H,18,21)/t16-/m1/s1. The lowest BCUT2D eigenvalue weighted by molar-refractivity contribution is -0.132. The molecule has 0 bridgehead atoms. The minimum absolute atomic E-state index is 0.0717. The topological polar surface area (TPSA) is 84.7 Å². The maximum Gasteiger partial charge on any atom is 0.408 e. The summed E-state index contributed by atoms with van der Waals surface area (Å²) < 4.78 is 5.18. The van der Waals surface area contributed by atoms with Gasteiger partial charge in [-0.25, -0.2) is 4.79 Å². The molecule has 1 aromatic rings. The van der Waals surface area contributed by atoms with Gasteiger partial charge in [0.05, 0.1) is 0 Å². The van der Waals surface area contributed by atoms with Gasteiger partial charge in [0.2, 0.25) is 5.91 Å². The third-order valence-electron chi connectivity index (χ3n) is 3.86. The van der Waals surface area contributed by atoms with Gasteiger partial charge in [-0.3, -0.25) is 4.79 Å². The molecule has 1 aliphatic rings. The van der Waals surface area contributed by atoms with Gasteiger partial charge in [-0.1, -0.05) is 30.3 Å². The molecule has 0 radical (unpaired) electrons. The number of carbonyl (C=O) groups is 2. The van der Waals surface area contributed by atoms with E-state index >= 15 is 0 Å². The lowest BCUT2D eigenvalue weighted by Crippen LogP contribution is -2.52. The van der Waals surface area contributed by atoms with Crippen LogP contribution < -0.4 is 11.1 Å². The van der Waals surface area contributed by atoms with E-state index in [0.29, 0.717) is 26.1 Å². The van der Waals surface area contributed by atoms with Crippen molar-refractivity contribution in [2.75, 3.05) is 19.6 Å². The van der Waals surface area contributed by atoms with Crippen molar-refractivity contribution in [3.8, 4) is 0 Å². The van der Waals surface area contributed by atoms with Crippen molar-refractivity contribution in [2.45, 2.75) is 31.9 Å². The minimum atomic E-state index is -0.887. The molecule has 1 aliphatic heterocycles. The number of hydrogen-bond donors (Lipinski definition) is 2. The first kappa shape index (κ1) is 16.3. The summed E-state index contributed by atoms with van der Waals surface area (Å²) in [6.45, 7) is 3.74. The Labute approximate surface area is 130 Å². The van der Waals surface area contributed by atoms with Crippen LogP contribution in [-0.4, -0.2) is 42.1 Å². The molecule has 0 aliphatic carbocycles. The zero-order valence-electron chi connectivity index (χ0n) is 12.9. The van der Waals surface area contributed by atoms with Crippen molar-refractivity contribution in [1.82, 2.24) is 10.2 Å². The van der Waals surface area contributed by atoms with Gasteiger partial charge in [0.1, 0.15) is 12.1 Å². The summed E-state index contributed by atoms with van der Waals surface area (Å²) in [6.07, 6.45) is 0.775. The Morgan fingerprint density at radius 3 is 2.82 bits per heavy atom. The van der Waals surface area contributed by atoms with Crippen LogP contribution in [0.1, 0.15) is 25.3 Å². The number of rotatable bonds is 6. The molecule has 2 amide bonds. The molecule has 2 rings (SSSR count). The molecule has 1 atom stereocenters. The first-order valence-corrected chi connectivity index (χ1v) is 7.53. The summed E-state index contributed by atoms with van der Waals surface area (Å²) in [5.74, 6) is -0.0717. The van der Waals surface area contributed by atoms with Gasteiger partial charge < -0.3 is 20.7 Å². The Bertz CT molecular complexity index is 521. The Balaban J connectivity index is 1.84. The van der Waals surface area contributed by atoms with E-state index in [0.717, 1.165) is 12.0 Å². The number of nitrogens with one attached hydrogen (secondary N) is 1. The third kappa shape index (κ3) is 3.98. The summed E-state index contributed by atoms with van der Waals surface area (Å²) in [5.41, 5.74) is 5.49. The second-order valence-electron chi connectivity index (χ2n) is 5.70. The molecular weight excluding hydrogens is 282 g/mol. The van der Waals surface area contributed by atoms with Crippen molar-refractivity contribution in [1.29, 1.82) is 0 Å². The number of alkyl carbamates (subject to hydrolysis) is 1. The fraction of sp³-hybridized carbons (Fsp3) is 0.500. The molecule has 0 saturated carbocycles. The van der Waals surface area contributed by atoms with Gasteiger partial charge in [-0.05, 0) is 31.9 Å². The molecule has 120 valence electrons. The number of nitrogens with zero attached hydrogens (tertiary/aromatic N) is 1. The zero-order chi connectivity index (χ0) is 16.0. The van der Waals surface area contributed by atoms with E-state index in [1.807, 2.05) is 30.3 Å². The maximum absolute atomic E-state index is 12.4. The van der Waals surface area contributed by atoms with Crippen molar-refractivity contribution < 1.29 is 14.3 Å². The van der Waals surface area contributed by atoms with Crippen LogP contribution in [0.4, 0.5) is 4.79 Å². The van der Waals surface area contributed by atoms with Gasteiger partial charge in [-0.2, -0.15) is 0 Å². The summed E-state index contributed by atoms with van der Waals surface area (Å²) in [6, 6.07) is 9.42. The van der Waals surface area contributed by atoms with Crippen LogP contribution in [-0.2, 0) is 16.1 Å². The lowest BCUT2D eigenvalue weighted by atomic mass is 10.0. The predicted molar refractivity (Wildman–Crippen MR) is 83.0 cm³/mol.